The van der Waals surface area contributed by atoms with Gasteiger partial charge in [-0.15, -0.1) is 0 Å². The fourth-order valence-corrected chi connectivity index (χ4v) is 2.68. The van der Waals surface area contributed by atoms with Gasteiger partial charge < -0.3 is 5.32 Å². The molecule has 1 atom stereocenters. The lowest BCUT2D eigenvalue weighted by Gasteiger charge is -2.28. The normalized spacial score (nSPS) is 13.0. The lowest BCUT2D eigenvalue weighted by Crippen LogP contribution is -2.19. The highest BCUT2D eigenvalue weighted by atomic mass is 35.5. The second-order valence-corrected chi connectivity index (χ2v) is 7.02. The highest BCUT2D eigenvalue weighted by Gasteiger charge is 2.21. The molecule has 1 aromatic heterocycles. The van der Waals surface area contributed by atoms with Crippen LogP contribution >= 0.6 is 11.6 Å². The van der Waals surface area contributed by atoms with E-state index in [4.69, 9.17) is 11.6 Å². The molecule has 1 N–H and O–H groups in total. The number of benzene rings is 1. The van der Waals surface area contributed by atoms with Gasteiger partial charge in [0.1, 0.15) is 0 Å². The van der Waals surface area contributed by atoms with Crippen molar-refractivity contribution in [3.05, 3.63) is 58.9 Å². The Labute approximate surface area is 132 Å². The summed E-state index contributed by atoms with van der Waals surface area (Å²) in [5.74, 6) is 0. The standard InChI is InChI=1S/C18H23ClN2/c1-13-10-11-20-17(19)16(13)21-15(12-18(2,3)4)14-8-6-5-7-9-14/h5-11,15,21H,12H2,1-4H3. The molecule has 0 saturated heterocycles. The molecule has 0 aliphatic carbocycles. The van der Waals surface area contributed by atoms with Crippen LogP contribution in [0.5, 0.6) is 0 Å². The van der Waals surface area contributed by atoms with E-state index < -0.39 is 0 Å². The number of hydrogen-bond donors (Lipinski definition) is 1. The van der Waals surface area contributed by atoms with E-state index in [-0.39, 0.29) is 11.5 Å². The minimum atomic E-state index is 0.214. The Morgan fingerprint density at radius 2 is 1.81 bits per heavy atom. The fourth-order valence-electron chi connectivity index (χ4n) is 2.42. The summed E-state index contributed by atoms with van der Waals surface area (Å²) in [7, 11) is 0. The second kappa shape index (κ2) is 6.48. The maximum atomic E-state index is 6.26. The van der Waals surface area contributed by atoms with E-state index in [9.17, 15) is 0 Å². The summed E-state index contributed by atoms with van der Waals surface area (Å²) in [5.41, 5.74) is 3.53. The van der Waals surface area contributed by atoms with Crippen molar-refractivity contribution in [1.29, 1.82) is 0 Å². The van der Waals surface area contributed by atoms with Gasteiger partial charge in [-0.1, -0.05) is 62.7 Å². The van der Waals surface area contributed by atoms with Crippen LogP contribution in [0.3, 0.4) is 0 Å². The van der Waals surface area contributed by atoms with E-state index in [0.717, 1.165) is 17.7 Å². The van der Waals surface area contributed by atoms with Gasteiger partial charge in [0, 0.05) is 6.20 Å². The van der Waals surface area contributed by atoms with Crippen LogP contribution in [0.4, 0.5) is 5.69 Å². The molecule has 21 heavy (non-hydrogen) atoms. The Bertz CT molecular complexity index is 568. The first-order valence-electron chi connectivity index (χ1n) is 7.29. The largest absolute Gasteiger partial charge is 0.376 e. The number of halogens is 1. The van der Waals surface area contributed by atoms with Crippen LogP contribution in [0.25, 0.3) is 0 Å². The molecule has 2 nitrogen and oxygen atoms in total. The molecule has 0 amide bonds. The molecular weight excluding hydrogens is 280 g/mol. The Kier molecular flexibility index (Phi) is 4.89. The van der Waals surface area contributed by atoms with Gasteiger partial charge in [0.05, 0.1) is 11.7 Å². The van der Waals surface area contributed by atoms with Gasteiger partial charge in [-0.3, -0.25) is 0 Å². The van der Waals surface area contributed by atoms with Crippen molar-refractivity contribution >= 4 is 17.3 Å². The van der Waals surface area contributed by atoms with Crippen molar-refractivity contribution in [1.82, 2.24) is 4.98 Å². The molecule has 112 valence electrons. The average molecular weight is 303 g/mol. The maximum Gasteiger partial charge on any atom is 0.152 e. The minimum absolute atomic E-state index is 0.214. The summed E-state index contributed by atoms with van der Waals surface area (Å²) in [4.78, 5) is 4.19. The van der Waals surface area contributed by atoms with Crippen LogP contribution < -0.4 is 5.32 Å². The topological polar surface area (TPSA) is 24.9 Å². The third-order valence-electron chi connectivity index (χ3n) is 3.45. The molecule has 1 aromatic carbocycles. The highest BCUT2D eigenvalue weighted by Crippen LogP contribution is 2.34. The highest BCUT2D eigenvalue weighted by molar-refractivity contribution is 6.32. The molecule has 0 radical (unpaired) electrons. The molecule has 2 aromatic rings. The van der Waals surface area contributed by atoms with E-state index in [1.165, 1.54) is 5.56 Å². The number of rotatable bonds is 4. The first kappa shape index (κ1) is 15.8. The summed E-state index contributed by atoms with van der Waals surface area (Å²) in [5, 5.41) is 4.13. The van der Waals surface area contributed by atoms with Crippen LogP contribution in [0.15, 0.2) is 42.6 Å². The summed E-state index contributed by atoms with van der Waals surface area (Å²) >= 11 is 6.26. The molecule has 0 bridgehead atoms. The third-order valence-corrected chi connectivity index (χ3v) is 3.74. The summed E-state index contributed by atoms with van der Waals surface area (Å²) in [6.07, 6.45) is 2.76. The predicted molar refractivity (Wildman–Crippen MR) is 90.9 cm³/mol. The molecular formula is C18H23ClN2. The Morgan fingerprint density at radius 3 is 2.38 bits per heavy atom. The van der Waals surface area contributed by atoms with Gasteiger partial charge >= 0.3 is 0 Å². The van der Waals surface area contributed by atoms with Gasteiger partial charge in [-0.25, -0.2) is 4.98 Å². The van der Waals surface area contributed by atoms with E-state index in [1.54, 1.807) is 6.20 Å². The number of pyridine rings is 1. The number of anilines is 1. The minimum Gasteiger partial charge on any atom is -0.376 e. The van der Waals surface area contributed by atoms with Gasteiger partial charge in [-0.05, 0) is 36.0 Å². The third kappa shape index (κ3) is 4.47. The molecule has 0 spiro atoms. The molecule has 0 saturated carbocycles. The average Bonchev–Trinajstić information content (AvgIpc) is 2.41. The number of hydrogen-bond acceptors (Lipinski definition) is 2. The van der Waals surface area contributed by atoms with Gasteiger partial charge in [0.2, 0.25) is 0 Å². The predicted octanol–water partition coefficient (Wildman–Crippen LogP) is 5.63. The van der Waals surface area contributed by atoms with Crippen LogP contribution in [0, 0.1) is 12.3 Å². The van der Waals surface area contributed by atoms with Crippen molar-refractivity contribution in [3.63, 3.8) is 0 Å². The van der Waals surface area contributed by atoms with Crippen LogP contribution in [0.2, 0.25) is 5.15 Å². The zero-order valence-corrected chi connectivity index (χ0v) is 13.9. The first-order chi connectivity index (χ1) is 9.87. The number of nitrogens with one attached hydrogen (secondary N) is 1. The number of nitrogens with zero attached hydrogens (tertiary/aromatic N) is 1. The Balaban J connectivity index is 2.33. The van der Waals surface area contributed by atoms with E-state index in [2.05, 4.69) is 62.3 Å². The SMILES string of the molecule is Cc1ccnc(Cl)c1NC(CC(C)(C)C)c1ccccc1. The fraction of sp³-hybridized carbons (Fsp3) is 0.389. The molecule has 1 unspecified atom stereocenters. The number of aromatic nitrogens is 1. The molecule has 0 aliphatic rings. The zero-order chi connectivity index (χ0) is 15.5. The van der Waals surface area contributed by atoms with Crippen molar-refractivity contribution in [2.24, 2.45) is 5.41 Å². The van der Waals surface area contributed by atoms with Gasteiger partial charge in [0.25, 0.3) is 0 Å². The van der Waals surface area contributed by atoms with Crippen LogP contribution in [-0.4, -0.2) is 4.98 Å². The summed E-state index contributed by atoms with van der Waals surface area (Å²) in [6, 6.07) is 12.7. The van der Waals surface area contributed by atoms with E-state index >= 15 is 0 Å². The van der Waals surface area contributed by atoms with Crippen molar-refractivity contribution in [2.75, 3.05) is 5.32 Å². The Hall–Kier alpha value is -1.54. The van der Waals surface area contributed by atoms with Crippen LogP contribution in [-0.2, 0) is 0 Å². The van der Waals surface area contributed by atoms with Gasteiger partial charge in [-0.2, -0.15) is 0 Å². The van der Waals surface area contributed by atoms with Crippen molar-refractivity contribution in [3.8, 4) is 0 Å². The second-order valence-electron chi connectivity index (χ2n) is 6.67. The smallest absolute Gasteiger partial charge is 0.152 e. The molecule has 2 rings (SSSR count). The van der Waals surface area contributed by atoms with Gasteiger partial charge in [0.15, 0.2) is 5.15 Å². The monoisotopic (exact) mass is 302 g/mol. The zero-order valence-electron chi connectivity index (χ0n) is 13.2. The number of aryl methyl sites for hydroxylation is 1. The van der Waals surface area contributed by atoms with Crippen LogP contribution in [0.1, 0.15) is 44.4 Å². The lowest BCUT2D eigenvalue weighted by molar-refractivity contribution is 0.352. The van der Waals surface area contributed by atoms with Crippen molar-refractivity contribution in [2.45, 2.75) is 40.2 Å². The summed E-state index contributed by atoms with van der Waals surface area (Å²) < 4.78 is 0. The molecule has 1 heterocycles. The van der Waals surface area contributed by atoms with E-state index in [1.807, 2.05) is 12.1 Å². The molecule has 0 fully saturated rings. The molecule has 3 heteroatoms. The molecule has 0 aliphatic heterocycles. The first-order valence-corrected chi connectivity index (χ1v) is 7.67. The van der Waals surface area contributed by atoms with E-state index in [0.29, 0.717) is 5.15 Å². The quantitative estimate of drug-likeness (QED) is 0.740. The maximum absolute atomic E-state index is 6.26. The summed E-state index contributed by atoms with van der Waals surface area (Å²) in [6.45, 7) is 8.81. The lowest BCUT2D eigenvalue weighted by atomic mass is 9.85. The Morgan fingerprint density at radius 1 is 1.14 bits per heavy atom. The van der Waals surface area contributed by atoms with Crippen molar-refractivity contribution < 1.29 is 0 Å².